The summed E-state index contributed by atoms with van der Waals surface area (Å²) in [6.07, 6.45) is 1.92. The summed E-state index contributed by atoms with van der Waals surface area (Å²) in [7, 11) is -1.66. The van der Waals surface area contributed by atoms with Crippen molar-refractivity contribution in [1.82, 2.24) is 4.31 Å². The molecule has 0 radical (unpaired) electrons. The molecule has 0 bridgehead atoms. The lowest BCUT2D eigenvalue weighted by molar-refractivity contribution is 0.394. The van der Waals surface area contributed by atoms with Crippen LogP contribution in [0.2, 0.25) is 0 Å². The molecule has 0 amide bonds. The normalized spacial score (nSPS) is 22.5. The molecule has 0 saturated carbocycles. The molecule has 2 aliphatic heterocycles. The minimum atomic E-state index is -3.36. The summed E-state index contributed by atoms with van der Waals surface area (Å²) in [5.41, 5.74) is 2.17. The molecule has 0 spiro atoms. The second-order valence-electron chi connectivity index (χ2n) is 5.03. The Labute approximate surface area is 118 Å². The van der Waals surface area contributed by atoms with Gasteiger partial charge in [-0.2, -0.15) is 16.1 Å². The first-order valence-electron chi connectivity index (χ1n) is 6.51. The summed E-state index contributed by atoms with van der Waals surface area (Å²) >= 11 is 1.82. The highest BCUT2D eigenvalue weighted by atomic mass is 32.2. The first-order chi connectivity index (χ1) is 9.09. The molecule has 2 heterocycles. The predicted molar refractivity (Wildman–Crippen MR) is 79.3 cm³/mol. The number of fused-ring (bicyclic) bond motifs is 1. The van der Waals surface area contributed by atoms with Crippen LogP contribution in [-0.2, 0) is 16.4 Å². The number of benzene rings is 1. The highest BCUT2D eigenvalue weighted by molar-refractivity contribution is 7.99. The van der Waals surface area contributed by atoms with Crippen molar-refractivity contribution in [3.05, 3.63) is 23.8 Å². The van der Waals surface area contributed by atoms with Gasteiger partial charge in [0, 0.05) is 31.1 Å². The zero-order valence-corrected chi connectivity index (χ0v) is 12.6. The minimum absolute atomic E-state index is 0.135. The van der Waals surface area contributed by atoms with E-state index in [2.05, 4.69) is 5.32 Å². The molecule has 19 heavy (non-hydrogen) atoms. The van der Waals surface area contributed by atoms with E-state index < -0.39 is 10.0 Å². The Hall–Kier alpha value is -0.720. The zero-order valence-electron chi connectivity index (χ0n) is 10.9. The highest BCUT2D eigenvalue weighted by Gasteiger charge is 2.30. The van der Waals surface area contributed by atoms with E-state index in [4.69, 9.17) is 0 Å². The second-order valence-corrected chi connectivity index (χ2v) is 8.18. The van der Waals surface area contributed by atoms with E-state index in [0.717, 1.165) is 36.6 Å². The number of anilines is 1. The van der Waals surface area contributed by atoms with E-state index in [1.165, 1.54) is 5.56 Å². The Balaban J connectivity index is 1.91. The molecular formula is C13H18N2O2S2. The van der Waals surface area contributed by atoms with E-state index in [9.17, 15) is 8.42 Å². The van der Waals surface area contributed by atoms with Gasteiger partial charge in [-0.1, -0.05) is 6.07 Å². The van der Waals surface area contributed by atoms with Crippen molar-refractivity contribution >= 4 is 27.5 Å². The first-order valence-corrected chi connectivity index (χ1v) is 9.11. The third kappa shape index (κ3) is 2.37. The average molecular weight is 298 g/mol. The van der Waals surface area contributed by atoms with Gasteiger partial charge in [0.25, 0.3) is 0 Å². The van der Waals surface area contributed by atoms with Gasteiger partial charge in [0.05, 0.1) is 4.90 Å². The molecule has 0 aliphatic carbocycles. The summed E-state index contributed by atoms with van der Waals surface area (Å²) in [5, 5.41) is 3.23. The van der Waals surface area contributed by atoms with E-state index >= 15 is 0 Å². The number of rotatable bonds is 3. The molecule has 1 fully saturated rings. The summed E-state index contributed by atoms with van der Waals surface area (Å²) in [6, 6.07) is 5.58. The van der Waals surface area contributed by atoms with Gasteiger partial charge in [-0.3, -0.25) is 0 Å². The maximum Gasteiger partial charge on any atom is 0.243 e. The number of thioether (sulfide) groups is 1. The fourth-order valence-corrected chi connectivity index (χ4v) is 5.38. The van der Waals surface area contributed by atoms with Crippen molar-refractivity contribution in [2.24, 2.45) is 0 Å². The molecule has 3 rings (SSSR count). The van der Waals surface area contributed by atoms with Gasteiger partial charge in [-0.15, -0.1) is 0 Å². The van der Waals surface area contributed by atoms with Crippen molar-refractivity contribution in [2.75, 3.05) is 30.4 Å². The zero-order chi connectivity index (χ0) is 13.5. The molecule has 1 saturated heterocycles. The van der Waals surface area contributed by atoms with Crippen LogP contribution in [0.1, 0.15) is 12.0 Å². The summed E-state index contributed by atoms with van der Waals surface area (Å²) in [5.74, 6) is 1.95. The Morgan fingerprint density at radius 2 is 2.26 bits per heavy atom. The van der Waals surface area contributed by atoms with Gasteiger partial charge in [0.15, 0.2) is 0 Å². The molecule has 1 unspecified atom stereocenters. The van der Waals surface area contributed by atoms with Crippen LogP contribution in [0.25, 0.3) is 0 Å². The number of nitrogens with one attached hydrogen (secondary N) is 1. The van der Waals surface area contributed by atoms with Crippen LogP contribution in [0.4, 0.5) is 5.69 Å². The van der Waals surface area contributed by atoms with Crippen molar-refractivity contribution < 1.29 is 8.42 Å². The van der Waals surface area contributed by atoms with Gasteiger partial charge in [0.1, 0.15) is 0 Å². The van der Waals surface area contributed by atoms with E-state index in [1.54, 1.807) is 23.5 Å². The van der Waals surface area contributed by atoms with Crippen LogP contribution in [0, 0.1) is 0 Å². The molecule has 1 N–H and O–H groups in total. The van der Waals surface area contributed by atoms with Crippen molar-refractivity contribution in [1.29, 1.82) is 0 Å². The fourth-order valence-electron chi connectivity index (χ4n) is 2.60. The van der Waals surface area contributed by atoms with Crippen LogP contribution in [0.5, 0.6) is 0 Å². The molecule has 4 nitrogen and oxygen atoms in total. The molecular weight excluding hydrogens is 280 g/mol. The molecule has 0 aromatic heterocycles. The van der Waals surface area contributed by atoms with Crippen LogP contribution >= 0.6 is 11.8 Å². The van der Waals surface area contributed by atoms with Crippen molar-refractivity contribution in [3.63, 3.8) is 0 Å². The minimum Gasteiger partial charge on any atom is -0.384 e. The van der Waals surface area contributed by atoms with Crippen LogP contribution in [-0.4, -0.2) is 43.9 Å². The number of hydrogen-bond donors (Lipinski definition) is 1. The molecule has 1 atom stereocenters. The Morgan fingerprint density at radius 3 is 3.00 bits per heavy atom. The average Bonchev–Trinajstić information content (AvgIpc) is 3.07. The maximum atomic E-state index is 12.6. The fraction of sp³-hybridized carbons (Fsp3) is 0.538. The van der Waals surface area contributed by atoms with Crippen LogP contribution < -0.4 is 5.32 Å². The lowest BCUT2D eigenvalue weighted by Gasteiger charge is -2.23. The molecule has 1 aromatic rings. The third-order valence-corrected chi connectivity index (χ3v) is 6.94. The molecule has 6 heteroatoms. The summed E-state index contributed by atoms with van der Waals surface area (Å²) in [6.45, 7) is 0.897. The van der Waals surface area contributed by atoms with Gasteiger partial charge in [-0.05, 0) is 36.3 Å². The Morgan fingerprint density at radius 1 is 1.42 bits per heavy atom. The quantitative estimate of drug-likeness (QED) is 0.924. The number of hydrogen-bond acceptors (Lipinski definition) is 4. The van der Waals surface area contributed by atoms with Crippen molar-refractivity contribution in [3.8, 4) is 0 Å². The van der Waals surface area contributed by atoms with Gasteiger partial charge in [0.2, 0.25) is 10.0 Å². The van der Waals surface area contributed by atoms with Gasteiger partial charge >= 0.3 is 0 Å². The standard InChI is InChI=1S/C13H18N2O2S2/c1-15(11-5-7-18-9-11)19(16,17)12-3-2-10-4-6-14-13(10)8-12/h2-3,8,11,14H,4-7,9H2,1H3. The highest BCUT2D eigenvalue weighted by Crippen LogP contribution is 2.29. The second kappa shape index (κ2) is 5.00. The smallest absolute Gasteiger partial charge is 0.243 e. The topological polar surface area (TPSA) is 49.4 Å². The molecule has 2 aliphatic rings. The SMILES string of the molecule is CN(C1CCSC1)S(=O)(=O)c1ccc2c(c1)NCC2. The Bertz CT molecular complexity index is 580. The maximum absolute atomic E-state index is 12.6. The van der Waals surface area contributed by atoms with Crippen LogP contribution in [0.3, 0.4) is 0 Å². The summed E-state index contributed by atoms with van der Waals surface area (Å²) in [4.78, 5) is 0.403. The van der Waals surface area contributed by atoms with E-state index in [1.807, 2.05) is 17.8 Å². The monoisotopic (exact) mass is 298 g/mol. The van der Waals surface area contributed by atoms with Crippen molar-refractivity contribution in [2.45, 2.75) is 23.8 Å². The molecule has 1 aromatic carbocycles. The van der Waals surface area contributed by atoms with E-state index in [0.29, 0.717) is 4.90 Å². The lowest BCUT2D eigenvalue weighted by Crippen LogP contribution is -2.36. The lowest BCUT2D eigenvalue weighted by atomic mass is 10.2. The summed E-state index contributed by atoms with van der Waals surface area (Å²) < 4.78 is 26.8. The van der Waals surface area contributed by atoms with Gasteiger partial charge in [-0.25, -0.2) is 8.42 Å². The Kier molecular flexibility index (Phi) is 3.49. The molecule has 104 valence electrons. The number of sulfonamides is 1. The predicted octanol–water partition coefficient (Wildman–Crippen LogP) is 1.78. The van der Waals surface area contributed by atoms with Gasteiger partial charge < -0.3 is 5.32 Å². The first kappa shape index (κ1) is 13.3. The van der Waals surface area contributed by atoms with Crippen LogP contribution in [0.15, 0.2) is 23.1 Å². The van der Waals surface area contributed by atoms with E-state index in [-0.39, 0.29) is 6.04 Å². The number of nitrogens with zero attached hydrogens (tertiary/aromatic N) is 1. The third-order valence-electron chi connectivity index (χ3n) is 3.89. The largest absolute Gasteiger partial charge is 0.384 e.